The lowest BCUT2D eigenvalue weighted by molar-refractivity contribution is 0.0976. The van der Waals surface area contributed by atoms with Gasteiger partial charge in [0.1, 0.15) is 0 Å². The molecule has 0 heterocycles. The van der Waals surface area contributed by atoms with Crippen molar-refractivity contribution in [3.63, 3.8) is 0 Å². The van der Waals surface area contributed by atoms with Gasteiger partial charge in [-0.2, -0.15) is 0 Å². The summed E-state index contributed by atoms with van der Waals surface area (Å²) in [6, 6.07) is 15.7. The number of benzene rings is 2. The molecule has 0 spiro atoms. The third kappa shape index (κ3) is 5.06. The second kappa shape index (κ2) is 8.24. The molecule has 2 aromatic carbocycles. The minimum Gasteiger partial charge on any atom is -0.362 e. The first-order valence-electron chi connectivity index (χ1n) is 6.95. The lowest BCUT2D eigenvalue weighted by Crippen LogP contribution is -2.40. The quantitative estimate of drug-likeness (QED) is 0.584. The monoisotopic (exact) mass is 424 g/mol. The van der Waals surface area contributed by atoms with Crippen LogP contribution in [0.4, 0.5) is 0 Å². The molecule has 0 aliphatic carbocycles. The van der Waals surface area contributed by atoms with E-state index in [1.54, 1.807) is 6.07 Å². The van der Waals surface area contributed by atoms with Crippen LogP contribution in [-0.2, 0) is 6.42 Å². The number of hydrogen-bond acceptors (Lipinski definition) is 2. The van der Waals surface area contributed by atoms with Gasteiger partial charge < -0.3 is 5.32 Å². The van der Waals surface area contributed by atoms with Gasteiger partial charge in [-0.05, 0) is 71.4 Å². The normalized spacial score (nSPS) is 10.1. The highest BCUT2D eigenvalue weighted by molar-refractivity contribution is 14.1. The maximum absolute atomic E-state index is 12.1. The molecule has 0 bridgehead atoms. The number of carbonyl (C=O) groups excluding carboxylic acids is 1. The van der Waals surface area contributed by atoms with Crippen LogP contribution in [0, 0.1) is 10.5 Å². The van der Waals surface area contributed by atoms with Crippen molar-refractivity contribution >= 4 is 45.8 Å². The first-order chi connectivity index (χ1) is 10.6. The van der Waals surface area contributed by atoms with Crippen molar-refractivity contribution in [1.29, 1.82) is 0 Å². The van der Waals surface area contributed by atoms with Gasteiger partial charge in [-0.15, -0.1) is 0 Å². The van der Waals surface area contributed by atoms with E-state index in [9.17, 15) is 4.79 Å². The van der Waals surface area contributed by atoms with E-state index in [-0.39, 0.29) is 5.91 Å². The molecule has 3 nitrogen and oxygen atoms in total. The molecule has 2 rings (SSSR count). The molecular weight excluding hydrogens is 407 g/mol. The van der Waals surface area contributed by atoms with Crippen LogP contribution in [0.3, 0.4) is 0 Å². The van der Waals surface area contributed by atoms with Gasteiger partial charge in [-0.1, -0.05) is 36.4 Å². The number of amides is 1. The molecule has 22 heavy (non-hydrogen) atoms. The summed E-state index contributed by atoms with van der Waals surface area (Å²) in [4.78, 5) is 12.1. The van der Waals surface area contributed by atoms with E-state index in [1.165, 1.54) is 5.56 Å². The zero-order chi connectivity index (χ0) is 15.9. The van der Waals surface area contributed by atoms with Gasteiger partial charge in [-0.25, -0.2) is 0 Å². The fourth-order valence-corrected chi connectivity index (χ4v) is 2.63. The van der Waals surface area contributed by atoms with Gasteiger partial charge in [0, 0.05) is 15.7 Å². The molecule has 1 amide bonds. The second-order valence-corrected chi connectivity index (χ2v) is 6.48. The zero-order valence-corrected chi connectivity index (χ0v) is 15.2. The topological polar surface area (TPSA) is 41.1 Å². The van der Waals surface area contributed by atoms with E-state index in [4.69, 9.17) is 12.2 Å². The molecule has 0 saturated carbocycles. The van der Waals surface area contributed by atoms with Crippen LogP contribution in [0.5, 0.6) is 0 Å². The number of thiocarbonyl (C=S) groups is 1. The number of halogens is 1. The second-order valence-electron chi connectivity index (χ2n) is 4.91. The molecule has 5 heteroatoms. The Kier molecular flexibility index (Phi) is 6.33. The number of rotatable bonds is 4. The zero-order valence-electron chi connectivity index (χ0n) is 12.2. The van der Waals surface area contributed by atoms with E-state index in [0.717, 1.165) is 15.6 Å². The molecule has 0 radical (unpaired) electrons. The predicted molar refractivity (Wildman–Crippen MR) is 102 cm³/mol. The van der Waals surface area contributed by atoms with E-state index < -0.39 is 0 Å². The summed E-state index contributed by atoms with van der Waals surface area (Å²) < 4.78 is 1.06. The van der Waals surface area contributed by atoms with Crippen LogP contribution in [0.15, 0.2) is 48.5 Å². The SMILES string of the molecule is Cc1ccc(C(=O)NC(=S)NCCc2ccccc2)cc1I. The first-order valence-corrected chi connectivity index (χ1v) is 8.44. The van der Waals surface area contributed by atoms with Crippen molar-refractivity contribution in [2.75, 3.05) is 6.54 Å². The molecule has 0 saturated heterocycles. The van der Waals surface area contributed by atoms with Gasteiger partial charge in [0.05, 0.1) is 0 Å². The van der Waals surface area contributed by atoms with Crippen molar-refractivity contribution in [2.24, 2.45) is 0 Å². The Hall–Kier alpha value is -1.47. The molecule has 114 valence electrons. The van der Waals surface area contributed by atoms with E-state index >= 15 is 0 Å². The Labute approximate surface area is 149 Å². The van der Waals surface area contributed by atoms with Crippen LogP contribution in [0.1, 0.15) is 21.5 Å². The summed E-state index contributed by atoms with van der Waals surface area (Å²) in [6.45, 7) is 2.70. The summed E-state index contributed by atoms with van der Waals surface area (Å²) in [5, 5.41) is 6.12. The standard InChI is InChI=1S/C17H17IN2OS/c1-12-7-8-14(11-15(12)18)16(21)20-17(22)19-10-9-13-5-3-2-4-6-13/h2-8,11H,9-10H2,1H3,(H2,19,20,21,22). The molecule has 2 N–H and O–H groups in total. The maximum atomic E-state index is 12.1. The molecule has 0 fully saturated rings. The molecule has 0 aromatic heterocycles. The molecule has 0 aliphatic heterocycles. The highest BCUT2D eigenvalue weighted by Gasteiger charge is 2.08. The van der Waals surface area contributed by atoms with Crippen molar-refractivity contribution in [2.45, 2.75) is 13.3 Å². The Balaban J connectivity index is 1.81. The first kappa shape index (κ1) is 16.9. The summed E-state index contributed by atoms with van der Waals surface area (Å²) in [7, 11) is 0. The fourth-order valence-electron chi connectivity index (χ4n) is 1.92. The maximum Gasteiger partial charge on any atom is 0.257 e. The predicted octanol–water partition coefficient (Wildman–Crippen LogP) is 3.45. The van der Waals surface area contributed by atoms with E-state index in [2.05, 4.69) is 45.4 Å². The van der Waals surface area contributed by atoms with E-state index in [1.807, 2.05) is 37.3 Å². The summed E-state index contributed by atoms with van der Waals surface area (Å²) in [5.74, 6) is -0.185. The van der Waals surface area contributed by atoms with Gasteiger partial charge in [0.15, 0.2) is 5.11 Å². The van der Waals surface area contributed by atoms with Gasteiger partial charge >= 0.3 is 0 Å². The largest absolute Gasteiger partial charge is 0.362 e. The number of hydrogen-bond donors (Lipinski definition) is 2. The molecule has 0 aliphatic rings. The Bertz CT molecular complexity index is 674. The van der Waals surface area contributed by atoms with Crippen LogP contribution < -0.4 is 10.6 Å². The highest BCUT2D eigenvalue weighted by atomic mass is 127. The van der Waals surface area contributed by atoms with Crippen molar-refractivity contribution in [1.82, 2.24) is 10.6 Å². The van der Waals surface area contributed by atoms with E-state index in [0.29, 0.717) is 17.2 Å². The molecule has 2 aromatic rings. The Morgan fingerprint density at radius 1 is 1.18 bits per heavy atom. The average molecular weight is 424 g/mol. The lowest BCUT2D eigenvalue weighted by Gasteiger charge is -2.10. The van der Waals surface area contributed by atoms with Crippen LogP contribution in [0.25, 0.3) is 0 Å². The minimum absolute atomic E-state index is 0.185. The molecular formula is C17H17IN2OS. The highest BCUT2D eigenvalue weighted by Crippen LogP contribution is 2.13. The summed E-state index contributed by atoms with van der Waals surface area (Å²) >= 11 is 7.38. The lowest BCUT2D eigenvalue weighted by atomic mass is 10.1. The van der Waals surface area contributed by atoms with Crippen LogP contribution in [-0.4, -0.2) is 17.6 Å². The van der Waals surface area contributed by atoms with Crippen molar-refractivity contribution in [3.05, 3.63) is 68.8 Å². The number of aryl methyl sites for hydroxylation is 1. The van der Waals surface area contributed by atoms with Gasteiger partial charge in [-0.3, -0.25) is 10.1 Å². The molecule has 0 unspecified atom stereocenters. The van der Waals surface area contributed by atoms with Gasteiger partial charge in [0.2, 0.25) is 0 Å². The summed E-state index contributed by atoms with van der Waals surface area (Å²) in [6.07, 6.45) is 0.860. The van der Waals surface area contributed by atoms with Gasteiger partial charge in [0.25, 0.3) is 5.91 Å². The summed E-state index contributed by atoms with van der Waals surface area (Å²) in [5.41, 5.74) is 3.00. The van der Waals surface area contributed by atoms with Crippen molar-refractivity contribution < 1.29 is 4.79 Å². The fraction of sp³-hybridized carbons (Fsp3) is 0.176. The Morgan fingerprint density at radius 2 is 1.91 bits per heavy atom. The van der Waals surface area contributed by atoms with Crippen molar-refractivity contribution in [3.8, 4) is 0 Å². The minimum atomic E-state index is -0.185. The Morgan fingerprint density at radius 3 is 2.59 bits per heavy atom. The van der Waals surface area contributed by atoms with Crippen LogP contribution >= 0.6 is 34.8 Å². The number of carbonyl (C=O) groups is 1. The van der Waals surface area contributed by atoms with Crippen LogP contribution in [0.2, 0.25) is 0 Å². The average Bonchev–Trinajstić information content (AvgIpc) is 2.51. The third-order valence-electron chi connectivity index (χ3n) is 3.20. The smallest absolute Gasteiger partial charge is 0.257 e. The third-order valence-corrected chi connectivity index (χ3v) is 4.61. The number of nitrogens with one attached hydrogen (secondary N) is 2. The molecule has 0 atom stereocenters.